The van der Waals surface area contributed by atoms with E-state index in [2.05, 4.69) is 28.9 Å². The molecule has 4 rings (SSSR count). The van der Waals surface area contributed by atoms with Crippen molar-refractivity contribution in [1.82, 2.24) is 5.32 Å². The molecule has 0 aromatic heterocycles. The van der Waals surface area contributed by atoms with Crippen LogP contribution in [0.4, 0.5) is 5.69 Å². The van der Waals surface area contributed by atoms with Gasteiger partial charge >= 0.3 is 0 Å². The summed E-state index contributed by atoms with van der Waals surface area (Å²) in [6.07, 6.45) is 17.3. The quantitative estimate of drug-likeness (QED) is 0.414. The third kappa shape index (κ3) is 6.44. The van der Waals surface area contributed by atoms with Crippen molar-refractivity contribution < 1.29 is 9.59 Å². The van der Waals surface area contributed by atoms with Crippen molar-refractivity contribution in [3.8, 4) is 0 Å². The average Bonchev–Trinajstić information content (AvgIpc) is 2.85. The monoisotopic (exact) mass is 470 g/mol. The summed E-state index contributed by atoms with van der Waals surface area (Å²) in [5.41, 5.74) is 1.84. The molecule has 2 N–H and O–H groups in total. The normalized spacial score (nSPS) is 20.2. The maximum atomic E-state index is 12.8. The molecule has 2 amide bonds. The number of para-hydroxylation sites is 1. The van der Waals surface area contributed by atoms with Gasteiger partial charge in [0.1, 0.15) is 0 Å². The molecule has 0 aliphatic heterocycles. The molecular formula is C26H34N2O2S2. The molecule has 1 aromatic carbocycles. The van der Waals surface area contributed by atoms with Crippen LogP contribution in [-0.4, -0.2) is 11.8 Å². The third-order valence-electron chi connectivity index (χ3n) is 6.71. The van der Waals surface area contributed by atoms with Crippen molar-refractivity contribution in [3.05, 3.63) is 47.0 Å². The smallest absolute Gasteiger partial charge is 0.227 e. The summed E-state index contributed by atoms with van der Waals surface area (Å²) in [6, 6.07) is 8.04. The topological polar surface area (TPSA) is 58.2 Å². The number of allylic oxidation sites excluding steroid dienone is 3. The van der Waals surface area contributed by atoms with Gasteiger partial charge < -0.3 is 10.6 Å². The highest BCUT2D eigenvalue weighted by atomic mass is 33.1. The Morgan fingerprint density at radius 3 is 2.09 bits per heavy atom. The Labute approximate surface area is 199 Å². The number of benzene rings is 1. The zero-order valence-corrected chi connectivity index (χ0v) is 20.4. The number of hydrogen-bond acceptors (Lipinski definition) is 4. The predicted molar refractivity (Wildman–Crippen MR) is 135 cm³/mol. The van der Waals surface area contributed by atoms with Gasteiger partial charge in [-0.2, -0.15) is 0 Å². The molecule has 0 heterocycles. The Hall–Kier alpha value is -1.66. The van der Waals surface area contributed by atoms with E-state index in [1.54, 1.807) is 21.6 Å². The second-order valence-electron chi connectivity index (χ2n) is 9.09. The molecule has 0 atom stereocenters. The lowest BCUT2D eigenvalue weighted by Crippen LogP contribution is -2.31. The maximum absolute atomic E-state index is 12.8. The highest BCUT2D eigenvalue weighted by Gasteiger charge is 2.24. The molecule has 172 valence electrons. The number of hydrogen-bond donors (Lipinski definition) is 2. The molecule has 0 radical (unpaired) electrons. The summed E-state index contributed by atoms with van der Waals surface area (Å²) < 4.78 is 0. The van der Waals surface area contributed by atoms with Crippen LogP contribution in [0, 0.1) is 11.8 Å². The van der Waals surface area contributed by atoms with Crippen molar-refractivity contribution in [3.63, 3.8) is 0 Å². The number of carbonyl (C=O) groups excluding carboxylic acids is 2. The van der Waals surface area contributed by atoms with Gasteiger partial charge in [0.15, 0.2) is 0 Å². The maximum Gasteiger partial charge on any atom is 0.227 e. The van der Waals surface area contributed by atoms with Crippen molar-refractivity contribution in [2.75, 3.05) is 5.32 Å². The molecule has 1 aromatic rings. The SMILES string of the molecule is O=C(NC1=C(SSc2ccccc2NC(=O)C2CCCCC2)CCC=C1)C1CCCCC1. The van der Waals surface area contributed by atoms with Gasteiger partial charge in [-0.25, -0.2) is 0 Å². The van der Waals surface area contributed by atoms with Gasteiger partial charge in [0.05, 0.1) is 11.4 Å². The van der Waals surface area contributed by atoms with E-state index in [0.29, 0.717) is 0 Å². The summed E-state index contributed by atoms with van der Waals surface area (Å²) in [5.74, 6) is 0.626. The molecule has 2 saturated carbocycles. The van der Waals surface area contributed by atoms with E-state index >= 15 is 0 Å². The Balaban J connectivity index is 1.39. The van der Waals surface area contributed by atoms with E-state index in [0.717, 1.165) is 80.5 Å². The Bertz CT molecular complexity index is 868. The van der Waals surface area contributed by atoms with Crippen LogP contribution in [0.3, 0.4) is 0 Å². The minimum absolute atomic E-state index is 0.141. The standard InChI is InChI=1S/C26H34N2O2S2/c29-25(19-11-3-1-4-12-19)27-21-15-7-9-17-23(21)31-32-24-18-10-8-16-22(24)28-26(30)20-13-5-2-6-14-20/h7-9,15-17,19-20H,1-6,10-14,18H2,(H,27,29)(H,28,30). The van der Waals surface area contributed by atoms with Gasteiger partial charge in [-0.15, -0.1) is 0 Å². The van der Waals surface area contributed by atoms with E-state index in [1.165, 1.54) is 17.7 Å². The molecule has 0 bridgehead atoms. The van der Waals surface area contributed by atoms with Gasteiger partial charge in [-0.1, -0.05) is 78.3 Å². The first-order chi connectivity index (χ1) is 15.7. The van der Waals surface area contributed by atoms with Crippen molar-refractivity contribution in [1.29, 1.82) is 0 Å². The lowest BCUT2D eigenvalue weighted by atomic mass is 9.88. The lowest BCUT2D eigenvalue weighted by molar-refractivity contribution is -0.125. The number of carbonyl (C=O) groups is 2. The second kappa shape index (κ2) is 12.0. The molecular weight excluding hydrogens is 436 g/mol. The molecule has 4 nitrogen and oxygen atoms in total. The molecule has 6 heteroatoms. The molecule has 2 fully saturated rings. The Morgan fingerprint density at radius 1 is 0.781 bits per heavy atom. The highest BCUT2D eigenvalue weighted by Crippen LogP contribution is 2.44. The highest BCUT2D eigenvalue weighted by molar-refractivity contribution is 8.78. The van der Waals surface area contributed by atoms with Crippen LogP contribution in [0.1, 0.15) is 77.0 Å². The van der Waals surface area contributed by atoms with Crippen molar-refractivity contribution in [2.45, 2.75) is 81.9 Å². The summed E-state index contributed by atoms with van der Waals surface area (Å²) >= 11 is 0. The van der Waals surface area contributed by atoms with Gasteiger partial charge in [0.25, 0.3) is 0 Å². The van der Waals surface area contributed by atoms with E-state index in [4.69, 9.17) is 0 Å². The third-order valence-corrected chi connectivity index (χ3v) is 9.35. The van der Waals surface area contributed by atoms with Gasteiger partial charge in [-0.05, 0) is 56.7 Å². The fraction of sp³-hybridized carbons (Fsp3) is 0.538. The van der Waals surface area contributed by atoms with E-state index in [-0.39, 0.29) is 23.7 Å². The summed E-state index contributed by atoms with van der Waals surface area (Å²) in [7, 11) is 3.37. The zero-order chi connectivity index (χ0) is 22.2. The fourth-order valence-electron chi connectivity index (χ4n) is 4.78. The first-order valence-electron chi connectivity index (χ1n) is 12.2. The van der Waals surface area contributed by atoms with E-state index in [9.17, 15) is 9.59 Å². The van der Waals surface area contributed by atoms with Crippen LogP contribution in [0.15, 0.2) is 51.9 Å². The van der Waals surface area contributed by atoms with Crippen LogP contribution in [0.2, 0.25) is 0 Å². The number of rotatable bonds is 7. The van der Waals surface area contributed by atoms with Crippen LogP contribution in [0.5, 0.6) is 0 Å². The van der Waals surface area contributed by atoms with Crippen LogP contribution in [0.25, 0.3) is 0 Å². The Kier molecular flexibility index (Phi) is 8.80. The summed E-state index contributed by atoms with van der Waals surface area (Å²) in [5, 5.41) is 6.40. The summed E-state index contributed by atoms with van der Waals surface area (Å²) in [4.78, 5) is 27.8. The van der Waals surface area contributed by atoms with Crippen LogP contribution < -0.4 is 10.6 Å². The zero-order valence-electron chi connectivity index (χ0n) is 18.7. The molecule has 3 aliphatic rings. The largest absolute Gasteiger partial charge is 0.325 e. The van der Waals surface area contributed by atoms with Crippen LogP contribution >= 0.6 is 21.6 Å². The average molecular weight is 471 g/mol. The Morgan fingerprint density at radius 2 is 1.41 bits per heavy atom. The van der Waals surface area contributed by atoms with Gasteiger partial charge in [0, 0.05) is 21.6 Å². The first-order valence-corrected chi connectivity index (χ1v) is 14.3. The first kappa shape index (κ1) is 23.5. The van der Waals surface area contributed by atoms with E-state index < -0.39 is 0 Å². The van der Waals surface area contributed by atoms with Gasteiger partial charge in [0.2, 0.25) is 11.8 Å². The van der Waals surface area contributed by atoms with Crippen molar-refractivity contribution in [2.24, 2.45) is 11.8 Å². The van der Waals surface area contributed by atoms with Crippen molar-refractivity contribution >= 4 is 39.1 Å². The van der Waals surface area contributed by atoms with Crippen LogP contribution in [-0.2, 0) is 9.59 Å². The number of amides is 2. The minimum Gasteiger partial charge on any atom is -0.325 e. The lowest BCUT2D eigenvalue weighted by Gasteiger charge is -2.23. The number of anilines is 1. The number of nitrogens with one attached hydrogen (secondary N) is 2. The van der Waals surface area contributed by atoms with Gasteiger partial charge in [-0.3, -0.25) is 9.59 Å². The molecule has 3 aliphatic carbocycles. The fourth-order valence-corrected chi connectivity index (χ4v) is 7.25. The molecule has 32 heavy (non-hydrogen) atoms. The van der Waals surface area contributed by atoms with E-state index in [1.807, 2.05) is 18.2 Å². The minimum atomic E-state index is 0.141. The predicted octanol–water partition coefficient (Wildman–Crippen LogP) is 7.20. The molecule has 0 unspecified atom stereocenters. The molecule has 0 spiro atoms. The molecule has 0 saturated heterocycles. The summed E-state index contributed by atoms with van der Waals surface area (Å²) in [6.45, 7) is 0. The second-order valence-corrected chi connectivity index (χ2v) is 11.4.